The third kappa shape index (κ3) is 15.1. The lowest BCUT2D eigenvalue weighted by Gasteiger charge is -2.31. The number of alkyl carbamates (subject to hydrolysis) is 2. The Morgan fingerprint density at radius 1 is 0.643 bits per heavy atom. The molecule has 0 heterocycles. The molecule has 2 saturated carbocycles. The van der Waals surface area contributed by atoms with Gasteiger partial charge in [0.05, 0.1) is 11.8 Å². The van der Waals surface area contributed by atoms with E-state index in [9.17, 15) is 29.4 Å². The van der Waals surface area contributed by atoms with Crippen LogP contribution in [0.25, 0.3) is 0 Å². The minimum atomic E-state index is -0.728. The normalized spacial score (nSPS) is 24.6. The van der Waals surface area contributed by atoms with Crippen LogP contribution in [0.4, 0.5) is 9.59 Å². The highest BCUT2D eigenvalue weighted by molar-refractivity contribution is 8.76. The summed E-state index contributed by atoms with van der Waals surface area (Å²) in [5.74, 6) is -0.0462. The lowest BCUT2D eigenvalue weighted by atomic mass is 9.79. The second-order valence-electron chi connectivity index (χ2n) is 13.8. The predicted molar refractivity (Wildman–Crippen MR) is 167 cm³/mol. The van der Waals surface area contributed by atoms with E-state index in [1.54, 1.807) is 21.6 Å². The van der Waals surface area contributed by atoms with Gasteiger partial charge in [0, 0.05) is 23.6 Å². The third-order valence-corrected chi connectivity index (χ3v) is 10.3. The van der Waals surface area contributed by atoms with E-state index in [4.69, 9.17) is 9.47 Å². The van der Waals surface area contributed by atoms with E-state index in [0.29, 0.717) is 49.0 Å². The van der Waals surface area contributed by atoms with Gasteiger partial charge in [-0.3, -0.25) is 9.59 Å². The highest BCUT2D eigenvalue weighted by atomic mass is 33.1. The van der Waals surface area contributed by atoms with Crippen molar-refractivity contribution < 1.29 is 38.9 Å². The van der Waals surface area contributed by atoms with Crippen molar-refractivity contribution in [3.05, 3.63) is 0 Å². The summed E-state index contributed by atoms with van der Waals surface area (Å²) in [6, 6.07) is -0.264. The summed E-state index contributed by atoms with van der Waals surface area (Å²) in [5, 5.41) is 24.7. The molecule has 0 saturated heterocycles. The Kier molecular flexibility index (Phi) is 14.6. The molecule has 0 aliphatic heterocycles. The van der Waals surface area contributed by atoms with E-state index in [-0.39, 0.29) is 23.9 Å². The molecule has 0 aromatic carbocycles. The minimum absolute atomic E-state index is 0.132. The van der Waals surface area contributed by atoms with Crippen LogP contribution in [0.3, 0.4) is 0 Å². The maximum absolute atomic E-state index is 12.6. The van der Waals surface area contributed by atoms with Crippen LogP contribution in [0, 0.1) is 23.7 Å². The van der Waals surface area contributed by atoms with Gasteiger partial charge in [-0.1, -0.05) is 21.6 Å². The topological polar surface area (TPSA) is 151 Å². The van der Waals surface area contributed by atoms with Crippen molar-refractivity contribution in [1.82, 2.24) is 10.6 Å². The van der Waals surface area contributed by atoms with Crippen LogP contribution < -0.4 is 10.6 Å². The molecule has 2 atom stereocenters. The summed E-state index contributed by atoms with van der Waals surface area (Å²) in [5.41, 5.74) is -1.22. The van der Waals surface area contributed by atoms with E-state index in [2.05, 4.69) is 10.6 Å². The first-order valence-electron chi connectivity index (χ1n) is 15.2. The fourth-order valence-electron chi connectivity index (χ4n) is 5.64. The molecule has 10 nitrogen and oxygen atoms in total. The van der Waals surface area contributed by atoms with Crippen LogP contribution in [0.5, 0.6) is 0 Å². The summed E-state index contributed by atoms with van der Waals surface area (Å²) in [6.07, 6.45) is 6.54. The number of carboxylic acids is 2. The fourth-order valence-corrected chi connectivity index (χ4v) is 8.16. The van der Waals surface area contributed by atoms with Gasteiger partial charge in [0.2, 0.25) is 0 Å². The second kappa shape index (κ2) is 16.9. The van der Waals surface area contributed by atoms with Gasteiger partial charge in [-0.05, 0) is 118 Å². The van der Waals surface area contributed by atoms with Crippen LogP contribution in [-0.4, -0.2) is 69.1 Å². The monoisotopic (exact) mass is 632 g/mol. The summed E-state index contributed by atoms with van der Waals surface area (Å²) in [4.78, 5) is 47.9. The molecule has 2 aliphatic rings. The zero-order valence-corrected chi connectivity index (χ0v) is 27.7. The zero-order chi connectivity index (χ0) is 31.5. The first-order chi connectivity index (χ1) is 19.5. The van der Waals surface area contributed by atoms with Gasteiger partial charge in [-0.2, -0.15) is 0 Å². The number of carboxylic acid groups (broad SMARTS) is 2. The van der Waals surface area contributed by atoms with Crippen LogP contribution in [0.2, 0.25) is 0 Å². The lowest BCUT2D eigenvalue weighted by molar-refractivity contribution is -0.144. The highest BCUT2D eigenvalue weighted by Gasteiger charge is 2.31. The smallest absolute Gasteiger partial charge is 0.407 e. The van der Waals surface area contributed by atoms with Crippen molar-refractivity contribution in [1.29, 1.82) is 0 Å². The van der Waals surface area contributed by atoms with Gasteiger partial charge in [0.15, 0.2) is 0 Å². The summed E-state index contributed by atoms with van der Waals surface area (Å²) in [7, 11) is 3.27. The van der Waals surface area contributed by atoms with Crippen LogP contribution in [0.1, 0.15) is 106 Å². The molecule has 4 N–H and O–H groups in total. The Balaban J connectivity index is 1.95. The summed E-state index contributed by atoms with van der Waals surface area (Å²) in [6.45, 7) is 10.9. The van der Waals surface area contributed by atoms with Gasteiger partial charge in [-0.25, -0.2) is 9.59 Å². The fraction of sp³-hybridized carbons (Fsp3) is 0.867. The molecule has 0 bridgehead atoms. The molecule has 0 aromatic rings. The van der Waals surface area contributed by atoms with E-state index in [1.807, 2.05) is 41.5 Å². The van der Waals surface area contributed by atoms with Crippen LogP contribution >= 0.6 is 21.6 Å². The number of carbonyl (C=O) groups is 4. The molecule has 2 rings (SSSR count). The molecule has 12 heteroatoms. The summed E-state index contributed by atoms with van der Waals surface area (Å²) < 4.78 is 11.0. The Labute approximate surface area is 259 Å². The standard InChI is InChI=1S/C30H52N2O8S2/c1-29(2,3)39-27(37)31-23(15-19-7-11-21(12-8-19)25(33)34)17-41-42-18-24(32-28(38)40-30(4,5)6)16-20-9-13-22(14-10-20)26(35)36/h19-24H,7-18H2,1-6H3,(H,31,37)(H,32,38)(H,33,34)(H,35,36). The number of nitrogens with one attached hydrogen (secondary N) is 2. The van der Waals surface area contributed by atoms with Crippen molar-refractivity contribution in [2.24, 2.45) is 23.7 Å². The van der Waals surface area contributed by atoms with E-state index >= 15 is 0 Å². The first kappa shape index (κ1) is 36.4. The molecular formula is C30H52N2O8S2. The molecule has 242 valence electrons. The quantitative estimate of drug-likeness (QED) is 0.127. The molecule has 0 radical (unpaired) electrons. The van der Waals surface area contributed by atoms with Gasteiger partial charge in [-0.15, -0.1) is 0 Å². The minimum Gasteiger partial charge on any atom is -0.481 e. The average molecular weight is 633 g/mol. The van der Waals surface area contributed by atoms with Crippen LogP contribution in [-0.2, 0) is 19.1 Å². The molecular weight excluding hydrogens is 580 g/mol. The number of ether oxygens (including phenoxy) is 2. The SMILES string of the molecule is CC(C)(C)OC(=O)NC(CSSCC(CC1CCC(C(=O)O)CC1)NC(=O)OC(C)(C)C)CC1CCC(C(=O)O)CC1. The maximum atomic E-state index is 12.6. The number of hydrogen-bond donors (Lipinski definition) is 4. The van der Waals surface area contributed by atoms with Crippen molar-refractivity contribution in [2.75, 3.05) is 11.5 Å². The number of amides is 2. The molecule has 2 amide bonds. The van der Waals surface area contributed by atoms with Crippen molar-refractivity contribution >= 4 is 45.7 Å². The Morgan fingerprint density at radius 2 is 0.952 bits per heavy atom. The lowest BCUT2D eigenvalue weighted by Crippen LogP contribution is -2.42. The largest absolute Gasteiger partial charge is 0.481 e. The highest BCUT2D eigenvalue weighted by Crippen LogP contribution is 2.35. The van der Waals surface area contributed by atoms with Gasteiger partial charge in [0.1, 0.15) is 11.2 Å². The zero-order valence-electron chi connectivity index (χ0n) is 26.1. The molecule has 2 unspecified atom stereocenters. The number of carbonyl (C=O) groups excluding carboxylic acids is 2. The first-order valence-corrected chi connectivity index (χ1v) is 17.7. The number of hydrogen-bond acceptors (Lipinski definition) is 8. The van der Waals surface area contributed by atoms with Crippen molar-refractivity contribution in [2.45, 2.75) is 129 Å². The number of rotatable bonds is 13. The van der Waals surface area contributed by atoms with Gasteiger partial charge in [0.25, 0.3) is 0 Å². The van der Waals surface area contributed by atoms with E-state index < -0.39 is 35.3 Å². The molecule has 0 aromatic heterocycles. The van der Waals surface area contributed by atoms with Gasteiger partial charge >= 0.3 is 24.1 Å². The van der Waals surface area contributed by atoms with E-state index in [1.165, 1.54) is 0 Å². The predicted octanol–water partition coefficient (Wildman–Crippen LogP) is 6.72. The third-order valence-electron chi connectivity index (χ3n) is 7.69. The van der Waals surface area contributed by atoms with Crippen molar-refractivity contribution in [3.8, 4) is 0 Å². The summed E-state index contributed by atoms with van der Waals surface area (Å²) >= 11 is 0. The van der Waals surface area contributed by atoms with E-state index in [0.717, 1.165) is 38.5 Å². The Morgan fingerprint density at radius 3 is 1.21 bits per heavy atom. The molecule has 2 fully saturated rings. The molecule has 0 spiro atoms. The molecule has 2 aliphatic carbocycles. The van der Waals surface area contributed by atoms with Gasteiger partial charge < -0.3 is 30.3 Å². The Bertz CT molecular complexity index is 817. The molecule has 42 heavy (non-hydrogen) atoms. The second-order valence-corrected chi connectivity index (χ2v) is 16.4. The average Bonchev–Trinajstić information content (AvgIpc) is 2.84. The number of aliphatic carboxylic acids is 2. The maximum Gasteiger partial charge on any atom is 0.407 e. The Hall–Kier alpha value is -1.82. The van der Waals surface area contributed by atoms with Crippen molar-refractivity contribution in [3.63, 3.8) is 0 Å². The van der Waals surface area contributed by atoms with Crippen LogP contribution in [0.15, 0.2) is 0 Å².